The normalized spacial score (nSPS) is 21.9. The number of aromatic amines is 1. The number of fused-ring (bicyclic) bond motifs is 2. The Kier molecular flexibility index (Phi) is 4.76. The number of carbonyl (C=O) groups is 1. The van der Waals surface area contributed by atoms with Gasteiger partial charge in [-0.05, 0) is 42.0 Å². The minimum absolute atomic E-state index is 0.112. The molecule has 1 aromatic carbocycles. The molecule has 0 aliphatic carbocycles. The molecule has 0 unspecified atom stereocenters. The van der Waals surface area contributed by atoms with Crippen LogP contribution in [0.15, 0.2) is 16.9 Å². The smallest absolute Gasteiger partial charge is 0.270 e. The van der Waals surface area contributed by atoms with Crippen molar-refractivity contribution in [2.24, 2.45) is 0 Å². The number of halogens is 1. The van der Waals surface area contributed by atoms with Crippen LogP contribution in [0.3, 0.4) is 0 Å². The Morgan fingerprint density at radius 3 is 2.82 bits per heavy atom. The number of amides is 1. The van der Waals surface area contributed by atoms with Crippen LogP contribution in [0.2, 0.25) is 5.02 Å². The molecule has 3 aliphatic heterocycles. The first-order valence-corrected chi connectivity index (χ1v) is 11.6. The van der Waals surface area contributed by atoms with Gasteiger partial charge < -0.3 is 14.8 Å². The number of thioether (sulfide) groups is 2. The van der Waals surface area contributed by atoms with E-state index in [0.717, 1.165) is 29.9 Å². The van der Waals surface area contributed by atoms with Gasteiger partial charge in [0.05, 0.1) is 27.6 Å². The van der Waals surface area contributed by atoms with E-state index in [-0.39, 0.29) is 35.3 Å². The summed E-state index contributed by atoms with van der Waals surface area (Å²) < 4.78 is 12.7. The van der Waals surface area contributed by atoms with Crippen molar-refractivity contribution in [2.45, 2.75) is 24.1 Å². The molecule has 28 heavy (non-hydrogen) atoms. The number of anilines is 1. The molecule has 1 saturated heterocycles. The van der Waals surface area contributed by atoms with Crippen LogP contribution in [0.25, 0.3) is 0 Å². The van der Waals surface area contributed by atoms with Crippen LogP contribution in [0.1, 0.15) is 35.3 Å². The number of benzene rings is 1. The van der Waals surface area contributed by atoms with Crippen molar-refractivity contribution in [3.8, 4) is 11.5 Å². The fraction of sp³-hybridized carbons (Fsp3) is 0.444. The van der Waals surface area contributed by atoms with E-state index in [1.807, 2.05) is 22.5 Å². The van der Waals surface area contributed by atoms with Crippen LogP contribution in [0.5, 0.6) is 11.5 Å². The van der Waals surface area contributed by atoms with Crippen molar-refractivity contribution in [2.75, 3.05) is 29.4 Å². The maximum absolute atomic E-state index is 13.0. The Labute approximate surface area is 174 Å². The fourth-order valence-electron chi connectivity index (χ4n) is 3.86. The largest absolute Gasteiger partial charge is 0.454 e. The maximum atomic E-state index is 13.0. The zero-order valence-corrected chi connectivity index (χ0v) is 17.2. The molecule has 2 aromatic rings. The summed E-state index contributed by atoms with van der Waals surface area (Å²) in [6.45, 7) is 0.123. The third kappa shape index (κ3) is 3.09. The Balaban J connectivity index is 1.62. The molecule has 0 bridgehead atoms. The third-order valence-corrected chi connectivity index (χ3v) is 7.77. The summed E-state index contributed by atoms with van der Waals surface area (Å²) in [4.78, 5) is 25.3. The highest BCUT2D eigenvalue weighted by Crippen LogP contribution is 2.47. The summed E-state index contributed by atoms with van der Waals surface area (Å²) in [6.07, 6.45) is 1.93. The highest BCUT2D eigenvalue weighted by atomic mass is 35.5. The van der Waals surface area contributed by atoms with Crippen LogP contribution in [0.4, 0.5) is 5.82 Å². The molecule has 10 heteroatoms. The van der Waals surface area contributed by atoms with Gasteiger partial charge in [-0.15, -0.1) is 11.8 Å². The van der Waals surface area contributed by atoms with Gasteiger partial charge in [-0.25, -0.2) is 0 Å². The maximum Gasteiger partial charge on any atom is 0.270 e. The first-order valence-electron chi connectivity index (χ1n) is 9.04. The molecule has 1 atom stereocenters. The van der Waals surface area contributed by atoms with E-state index in [9.17, 15) is 9.59 Å². The van der Waals surface area contributed by atoms with Crippen LogP contribution >= 0.6 is 35.1 Å². The first kappa shape index (κ1) is 18.3. The molecule has 0 spiro atoms. The molecule has 148 valence electrons. The topological polar surface area (TPSA) is 85.3 Å². The number of rotatable bonds is 2. The Bertz CT molecular complexity index is 999. The Morgan fingerprint density at radius 1 is 1.18 bits per heavy atom. The average Bonchev–Trinajstić information content (AvgIpc) is 3.24. The van der Waals surface area contributed by atoms with Crippen molar-refractivity contribution >= 4 is 46.8 Å². The molecule has 5 rings (SSSR count). The summed E-state index contributed by atoms with van der Waals surface area (Å²) >= 11 is 9.69. The predicted molar refractivity (Wildman–Crippen MR) is 111 cm³/mol. The minimum Gasteiger partial charge on any atom is -0.454 e. The second-order valence-corrected chi connectivity index (χ2v) is 9.62. The quantitative estimate of drug-likeness (QED) is 0.746. The molecule has 1 aromatic heterocycles. The van der Waals surface area contributed by atoms with Gasteiger partial charge in [0, 0.05) is 0 Å². The van der Waals surface area contributed by atoms with Crippen LogP contribution in [0, 0.1) is 0 Å². The molecular weight excluding hydrogens is 422 g/mol. The molecule has 2 N–H and O–H groups in total. The van der Waals surface area contributed by atoms with E-state index < -0.39 is 0 Å². The van der Waals surface area contributed by atoms with Gasteiger partial charge in [-0.1, -0.05) is 11.6 Å². The van der Waals surface area contributed by atoms with E-state index >= 15 is 0 Å². The van der Waals surface area contributed by atoms with Crippen molar-refractivity contribution < 1.29 is 14.3 Å². The number of H-pyrrole nitrogens is 1. The minimum atomic E-state index is -0.330. The van der Waals surface area contributed by atoms with Gasteiger partial charge in [-0.2, -0.15) is 11.8 Å². The molecule has 0 saturated carbocycles. The summed E-state index contributed by atoms with van der Waals surface area (Å²) in [5.74, 6) is 3.89. The Hall–Kier alpha value is -1.71. The summed E-state index contributed by atoms with van der Waals surface area (Å²) in [6, 6.07) is 3.82. The zero-order valence-electron chi connectivity index (χ0n) is 14.8. The van der Waals surface area contributed by atoms with E-state index in [1.54, 1.807) is 6.07 Å². The van der Waals surface area contributed by atoms with Gasteiger partial charge in [0.25, 0.3) is 5.56 Å². The number of aromatic nitrogens is 2. The Morgan fingerprint density at radius 2 is 2.00 bits per heavy atom. The zero-order chi connectivity index (χ0) is 19.3. The van der Waals surface area contributed by atoms with Crippen molar-refractivity contribution in [1.29, 1.82) is 0 Å². The molecule has 7 nitrogen and oxygen atoms in total. The van der Waals surface area contributed by atoms with Crippen molar-refractivity contribution in [3.05, 3.63) is 38.6 Å². The van der Waals surface area contributed by atoms with Gasteiger partial charge in [0.2, 0.25) is 12.7 Å². The molecule has 0 radical (unpaired) electrons. The predicted octanol–water partition coefficient (Wildman–Crippen LogP) is 3.40. The second kappa shape index (κ2) is 7.27. The average molecular weight is 440 g/mol. The first-order chi connectivity index (χ1) is 13.6. The van der Waals surface area contributed by atoms with Gasteiger partial charge in [-0.3, -0.25) is 19.4 Å². The number of ether oxygens (including phenoxy) is 2. The molecule has 3 aliphatic rings. The lowest BCUT2D eigenvalue weighted by Crippen LogP contribution is -2.22. The van der Waals surface area contributed by atoms with Gasteiger partial charge in [0.15, 0.2) is 11.5 Å². The standard InChI is InChI=1S/C18H18ClN3O4S2/c19-11-5-9(6-12-15(11)26-8-25-12)16-14-17(20-13(23)7-28-16)22(21-18(14)24)10-1-3-27-4-2-10/h5-6,10,16H,1-4,7-8H2,(H,20,23)(H,21,24)/t16-/m0/s1. The van der Waals surface area contributed by atoms with Crippen LogP contribution in [-0.4, -0.2) is 39.7 Å². The van der Waals surface area contributed by atoms with Crippen LogP contribution < -0.4 is 20.3 Å². The monoisotopic (exact) mass is 439 g/mol. The molecule has 1 fully saturated rings. The van der Waals surface area contributed by atoms with Crippen LogP contribution in [-0.2, 0) is 4.79 Å². The van der Waals surface area contributed by atoms with Gasteiger partial charge in [0.1, 0.15) is 5.82 Å². The number of hydrogen-bond donors (Lipinski definition) is 2. The highest BCUT2D eigenvalue weighted by molar-refractivity contribution is 8.00. The highest BCUT2D eigenvalue weighted by Gasteiger charge is 2.34. The number of carbonyl (C=O) groups excluding carboxylic acids is 1. The van der Waals surface area contributed by atoms with Crippen molar-refractivity contribution in [3.63, 3.8) is 0 Å². The lowest BCUT2D eigenvalue weighted by atomic mass is 10.0. The molecular formula is C18H18ClN3O4S2. The lowest BCUT2D eigenvalue weighted by Gasteiger charge is -2.24. The lowest BCUT2D eigenvalue weighted by molar-refractivity contribution is -0.113. The number of nitrogens with one attached hydrogen (secondary N) is 2. The van der Waals surface area contributed by atoms with E-state index in [0.29, 0.717) is 27.9 Å². The number of hydrogen-bond acceptors (Lipinski definition) is 6. The van der Waals surface area contributed by atoms with E-state index in [1.165, 1.54) is 11.8 Å². The van der Waals surface area contributed by atoms with E-state index in [2.05, 4.69) is 10.4 Å². The fourth-order valence-corrected chi connectivity index (χ4v) is 6.32. The van der Waals surface area contributed by atoms with E-state index in [4.69, 9.17) is 21.1 Å². The summed E-state index contributed by atoms with van der Waals surface area (Å²) in [7, 11) is 0. The molecule has 4 heterocycles. The molecule has 1 amide bonds. The summed E-state index contributed by atoms with van der Waals surface area (Å²) in [5, 5.41) is 6.04. The summed E-state index contributed by atoms with van der Waals surface area (Å²) in [5.41, 5.74) is 1.20. The SMILES string of the molecule is O=C1CS[C@@H](c2cc(Cl)c3c(c2)OCO3)c2c(n(C3CCSCC3)[nH]c2=O)N1. The van der Waals surface area contributed by atoms with Crippen molar-refractivity contribution in [1.82, 2.24) is 9.78 Å². The third-order valence-electron chi connectivity index (χ3n) is 5.17. The second-order valence-electron chi connectivity index (χ2n) is 6.89. The number of nitrogens with zero attached hydrogens (tertiary/aromatic N) is 1. The van der Waals surface area contributed by atoms with Gasteiger partial charge >= 0.3 is 0 Å².